The smallest absolute Gasteiger partial charge is 0.0597 e. The third-order valence-electron chi connectivity index (χ3n) is 2.16. The summed E-state index contributed by atoms with van der Waals surface area (Å²) >= 11 is 0. The number of nitrogen functional groups attached to an aromatic ring is 1. The Morgan fingerprint density at radius 3 is 2.42 bits per heavy atom. The van der Waals surface area contributed by atoms with Crippen LogP contribution in [0.2, 0.25) is 0 Å². The number of nitrogens with two attached hydrogens (primary N) is 1. The summed E-state index contributed by atoms with van der Waals surface area (Å²) in [6, 6.07) is 4.06. The zero-order chi connectivity index (χ0) is 8.55. The zero-order valence-electron chi connectivity index (χ0n) is 7.15. The molecule has 0 bridgehead atoms. The first-order valence-electron chi connectivity index (χ1n) is 4.15. The molecule has 2 rings (SSSR count). The Morgan fingerprint density at radius 1 is 1.17 bits per heavy atom. The van der Waals surface area contributed by atoms with Crippen LogP contribution >= 0.6 is 0 Å². The predicted octanol–water partition coefficient (Wildman–Crippen LogP) is 1.41. The van der Waals surface area contributed by atoms with E-state index >= 15 is 0 Å². The van der Waals surface area contributed by atoms with Crippen molar-refractivity contribution in [3.63, 3.8) is 0 Å². The summed E-state index contributed by atoms with van der Waals surface area (Å²) in [5.41, 5.74) is 10.0. The van der Waals surface area contributed by atoms with Crippen LogP contribution in [0.1, 0.15) is 5.56 Å². The van der Waals surface area contributed by atoms with Crippen molar-refractivity contribution in [3.05, 3.63) is 17.7 Å². The summed E-state index contributed by atoms with van der Waals surface area (Å²) in [6.07, 6.45) is 0. The molecule has 1 heterocycles. The van der Waals surface area contributed by atoms with Crippen LogP contribution in [0.3, 0.4) is 0 Å². The molecule has 1 aliphatic rings. The zero-order valence-corrected chi connectivity index (χ0v) is 7.15. The van der Waals surface area contributed by atoms with Crippen molar-refractivity contribution >= 4 is 17.1 Å². The third kappa shape index (κ3) is 1.07. The van der Waals surface area contributed by atoms with Gasteiger partial charge in [0.1, 0.15) is 0 Å². The first kappa shape index (κ1) is 7.28. The fraction of sp³-hybridized carbons (Fsp3) is 0.333. The number of benzene rings is 1. The van der Waals surface area contributed by atoms with Crippen LogP contribution in [-0.2, 0) is 0 Å². The van der Waals surface area contributed by atoms with Gasteiger partial charge < -0.3 is 16.4 Å². The van der Waals surface area contributed by atoms with Gasteiger partial charge in [-0.25, -0.2) is 0 Å². The van der Waals surface area contributed by atoms with Crippen molar-refractivity contribution in [2.24, 2.45) is 0 Å². The molecule has 3 heteroatoms. The fourth-order valence-corrected chi connectivity index (χ4v) is 1.41. The van der Waals surface area contributed by atoms with Crippen molar-refractivity contribution in [1.82, 2.24) is 0 Å². The fourth-order valence-electron chi connectivity index (χ4n) is 1.41. The quantitative estimate of drug-likeness (QED) is 0.507. The van der Waals surface area contributed by atoms with Gasteiger partial charge in [-0.2, -0.15) is 0 Å². The molecule has 0 aromatic heterocycles. The molecule has 12 heavy (non-hydrogen) atoms. The Hall–Kier alpha value is -1.38. The maximum Gasteiger partial charge on any atom is 0.0597 e. The van der Waals surface area contributed by atoms with Crippen LogP contribution in [0.15, 0.2) is 12.1 Å². The average Bonchev–Trinajstić information content (AvgIpc) is 2.07. The van der Waals surface area contributed by atoms with Gasteiger partial charge in [-0.3, -0.25) is 0 Å². The lowest BCUT2D eigenvalue weighted by Crippen LogP contribution is -2.20. The molecule has 3 nitrogen and oxygen atoms in total. The van der Waals surface area contributed by atoms with Crippen LogP contribution in [0.25, 0.3) is 0 Å². The first-order chi connectivity index (χ1) is 5.77. The molecule has 0 fully saturated rings. The van der Waals surface area contributed by atoms with Gasteiger partial charge in [-0.05, 0) is 24.6 Å². The van der Waals surface area contributed by atoms with Gasteiger partial charge in [0.2, 0.25) is 0 Å². The number of anilines is 3. The molecule has 0 aliphatic carbocycles. The largest absolute Gasteiger partial charge is 0.398 e. The summed E-state index contributed by atoms with van der Waals surface area (Å²) < 4.78 is 0. The Morgan fingerprint density at radius 2 is 1.75 bits per heavy atom. The van der Waals surface area contributed by atoms with Gasteiger partial charge >= 0.3 is 0 Å². The molecular weight excluding hydrogens is 150 g/mol. The van der Waals surface area contributed by atoms with Gasteiger partial charge in [0.25, 0.3) is 0 Å². The second-order valence-electron chi connectivity index (χ2n) is 3.11. The van der Waals surface area contributed by atoms with E-state index in [0.717, 1.165) is 35.7 Å². The van der Waals surface area contributed by atoms with E-state index in [1.165, 1.54) is 0 Å². The Balaban J connectivity index is 2.49. The molecule has 1 aliphatic heterocycles. The summed E-state index contributed by atoms with van der Waals surface area (Å²) in [5, 5.41) is 6.60. The molecule has 1 aromatic rings. The topological polar surface area (TPSA) is 50.1 Å². The van der Waals surface area contributed by atoms with Crippen molar-refractivity contribution in [1.29, 1.82) is 0 Å². The van der Waals surface area contributed by atoms with Gasteiger partial charge in [0.15, 0.2) is 0 Å². The predicted molar refractivity (Wildman–Crippen MR) is 52.6 cm³/mol. The number of hydrogen-bond donors (Lipinski definition) is 3. The summed E-state index contributed by atoms with van der Waals surface area (Å²) in [7, 11) is 0. The van der Waals surface area contributed by atoms with E-state index in [1.807, 2.05) is 13.0 Å². The highest BCUT2D eigenvalue weighted by atomic mass is 15.0. The maximum absolute atomic E-state index is 5.78. The number of hydrogen-bond acceptors (Lipinski definition) is 3. The van der Waals surface area contributed by atoms with Crippen molar-refractivity contribution in [2.75, 3.05) is 29.5 Å². The standard InChI is InChI=1S/C9H13N3/c1-6-4-8-9(5-7(6)10)12-3-2-11-8/h4-5,11-12H,2-3,10H2,1H3. The minimum absolute atomic E-state index is 0.852. The lowest BCUT2D eigenvalue weighted by atomic mass is 10.1. The molecular formula is C9H13N3. The van der Waals surface area contributed by atoms with Crippen molar-refractivity contribution in [3.8, 4) is 0 Å². The van der Waals surface area contributed by atoms with E-state index in [9.17, 15) is 0 Å². The normalized spacial score (nSPS) is 14.4. The van der Waals surface area contributed by atoms with Crippen molar-refractivity contribution in [2.45, 2.75) is 6.92 Å². The molecule has 1 aromatic carbocycles. The van der Waals surface area contributed by atoms with Crippen LogP contribution in [0.5, 0.6) is 0 Å². The Labute approximate surface area is 72.0 Å². The highest BCUT2D eigenvalue weighted by Gasteiger charge is 2.08. The molecule has 0 amide bonds. The van der Waals surface area contributed by atoms with Crippen LogP contribution in [0.4, 0.5) is 17.1 Å². The van der Waals surface area contributed by atoms with E-state index in [1.54, 1.807) is 0 Å². The van der Waals surface area contributed by atoms with Gasteiger partial charge in [0, 0.05) is 18.8 Å². The molecule has 0 radical (unpaired) electrons. The monoisotopic (exact) mass is 163 g/mol. The molecule has 0 atom stereocenters. The number of rotatable bonds is 0. The first-order valence-corrected chi connectivity index (χ1v) is 4.15. The van der Waals surface area contributed by atoms with E-state index in [2.05, 4.69) is 16.7 Å². The van der Waals surface area contributed by atoms with E-state index < -0.39 is 0 Å². The second kappa shape index (κ2) is 2.59. The lowest BCUT2D eigenvalue weighted by molar-refractivity contribution is 1.04. The van der Waals surface area contributed by atoms with Crippen LogP contribution < -0.4 is 16.4 Å². The highest BCUT2D eigenvalue weighted by molar-refractivity contribution is 5.76. The number of fused-ring (bicyclic) bond motifs is 1. The van der Waals surface area contributed by atoms with Gasteiger partial charge in [-0.1, -0.05) is 0 Å². The van der Waals surface area contributed by atoms with Gasteiger partial charge in [0.05, 0.1) is 11.4 Å². The summed E-state index contributed by atoms with van der Waals surface area (Å²) in [5.74, 6) is 0. The molecule has 0 spiro atoms. The Kier molecular flexibility index (Phi) is 1.57. The molecule has 0 saturated carbocycles. The van der Waals surface area contributed by atoms with Crippen molar-refractivity contribution < 1.29 is 0 Å². The molecule has 64 valence electrons. The molecule has 0 saturated heterocycles. The third-order valence-corrected chi connectivity index (χ3v) is 2.16. The maximum atomic E-state index is 5.78. The number of nitrogens with one attached hydrogen (secondary N) is 2. The summed E-state index contributed by atoms with van der Waals surface area (Å²) in [6.45, 7) is 3.97. The molecule has 0 unspecified atom stereocenters. The van der Waals surface area contributed by atoms with E-state index in [0.29, 0.717) is 0 Å². The SMILES string of the molecule is Cc1cc2c(cc1N)NCCN2. The van der Waals surface area contributed by atoms with E-state index in [-0.39, 0.29) is 0 Å². The van der Waals surface area contributed by atoms with Gasteiger partial charge in [-0.15, -0.1) is 0 Å². The molecule has 4 N–H and O–H groups in total. The minimum Gasteiger partial charge on any atom is -0.398 e. The van der Waals surface area contributed by atoms with Crippen LogP contribution in [-0.4, -0.2) is 13.1 Å². The average molecular weight is 163 g/mol. The highest BCUT2D eigenvalue weighted by Crippen LogP contribution is 2.28. The number of aryl methyl sites for hydroxylation is 1. The van der Waals surface area contributed by atoms with Crippen LogP contribution in [0, 0.1) is 6.92 Å². The Bertz CT molecular complexity index is 276. The second-order valence-corrected chi connectivity index (χ2v) is 3.11. The van der Waals surface area contributed by atoms with E-state index in [4.69, 9.17) is 5.73 Å². The lowest BCUT2D eigenvalue weighted by Gasteiger charge is -2.20. The summed E-state index contributed by atoms with van der Waals surface area (Å²) in [4.78, 5) is 0. The minimum atomic E-state index is 0.852.